The van der Waals surface area contributed by atoms with E-state index in [0.717, 1.165) is 22.4 Å². The van der Waals surface area contributed by atoms with Crippen molar-refractivity contribution in [3.05, 3.63) is 65.2 Å². The average Bonchev–Trinajstić information content (AvgIpc) is 2.67. The summed E-state index contributed by atoms with van der Waals surface area (Å²) in [7, 11) is 1.61. The molecule has 5 nitrogen and oxygen atoms in total. The normalized spacial score (nSPS) is 11.6. The van der Waals surface area contributed by atoms with Crippen LogP contribution in [0.1, 0.15) is 30.5 Å². The van der Waals surface area contributed by atoms with Gasteiger partial charge in [0.05, 0.1) is 13.5 Å². The Bertz CT molecular complexity index is 754. The molecule has 5 heteroatoms. The first-order valence-corrected chi connectivity index (χ1v) is 9.20. The first-order chi connectivity index (χ1) is 12.9. The van der Waals surface area contributed by atoms with Gasteiger partial charge in [0.25, 0.3) is 0 Å². The molecule has 0 spiro atoms. The molecule has 2 aromatic carbocycles. The molecule has 0 aromatic heterocycles. The van der Waals surface area contributed by atoms with Crippen LogP contribution < -0.4 is 10.1 Å². The molecule has 0 saturated heterocycles. The molecule has 0 saturated carbocycles. The molecule has 0 aliphatic rings. The molecule has 2 amide bonds. The largest absolute Gasteiger partial charge is 0.497 e. The first kappa shape index (κ1) is 20.5. The summed E-state index contributed by atoms with van der Waals surface area (Å²) in [4.78, 5) is 27.0. The lowest BCUT2D eigenvalue weighted by Gasteiger charge is -2.29. The highest BCUT2D eigenvalue weighted by molar-refractivity contribution is 5.88. The van der Waals surface area contributed by atoms with E-state index in [9.17, 15) is 9.59 Å². The first-order valence-electron chi connectivity index (χ1n) is 9.20. The molecule has 0 bridgehead atoms. The number of benzene rings is 2. The van der Waals surface area contributed by atoms with Crippen LogP contribution in [0.15, 0.2) is 48.5 Å². The number of nitrogens with one attached hydrogen (secondary N) is 1. The van der Waals surface area contributed by atoms with Crippen LogP contribution in [0.2, 0.25) is 0 Å². The number of hydrogen-bond donors (Lipinski definition) is 1. The van der Waals surface area contributed by atoms with Crippen LogP contribution in [0, 0.1) is 6.92 Å². The maximum atomic E-state index is 13.0. The van der Waals surface area contributed by atoms with Crippen LogP contribution >= 0.6 is 0 Å². The van der Waals surface area contributed by atoms with Crippen molar-refractivity contribution in [1.29, 1.82) is 0 Å². The number of methoxy groups -OCH3 is 1. The molecule has 2 rings (SSSR count). The summed E-state index contributed by atoms with van der Waals surface area (Å²) in [6.45, 7) is 6.59. The molecule has 0 heterocycles. The summed E-state index contributed by atoms with van der Waals surface area (Å²) in [5, 5.41) is 2.81. The Labute approximate surface area is 161 Å². The third kappa shape index (κ3) is 5.84. The minimum Gasteiger partial charge on any atom is -0.497 e. The summed E-state index contributed by atoms with van der Waals surface area (Å²) in [6.07, 6.45) is 0.236. The second-order valence-corrected chi connectivity index (χ2v) is 6.60. The van der Waals surface area contributed by atoms with Crippen LogP contribution in [0.4, 0.5) is 0 Å². The van der Waals surface area contributed by atoms with Gasteiger partial charge in [0.2, 0.25) is 11.8 Å². The van der Waals surface area contributed by atoms with E-state index >= 15 is 0 Å². The number of ether oxygens (including phenoxy) is 1. The van der Waals surface area contributed by atoms with Gasteiger partial charge >= 0.3 is 0 Å². The van der Waals surface area contributed by atoms with Gasteiger partial charge in [-0.1, -0.05) is 42.0 Å². The predicted molar refractivity (Wildman–Crippen MR) is 107 cm³/mol. The van der Waals surface area contributed by atoms with Crippen molar-refractivity contribution in [2.24, 2.45) is 0 Å². The van der Waals surface area contributed by atoms with Crippen LogP contribution in [-0.2, 0) is 22.6 Å². The Morgan fingerprint density at radius 3 is 2.19 bits per heavy atom. The van der Waals surface area contributed by atoms with Crippen LogP contribution in [0.3, 0.4) is 0 Å². The van der Waals surface area contributed by atoms with E-state index in [1.54, 1.807) is 18.9 Å². The third-order valence-corrected chi connectivity index (χ3v) is 4.51. The molecule has 1 unspecified atom stereocenters. The van der Waals surface area contributed by atoms with Crippen LogP contribution in [-0.4, -0.2) is 36.4 Å². The molecule has 1 atom stereocenters. The monoisotopic (exact) mass is 368 g/mol. The fourth-order valence-corrected chi connectivity index (χ4v) is 2.81. The Morgan fingerprint density at radius 1 is 1.04 bits per heavy atom. The number of carbonyl (C=O) groups excluding carboxylic acids is 2. The maximum absolute atomic E-state index is 13.0. The number of hydrogen-bond acceptors (Lipinski definition) is 3. The summed E-state index contributed by atoms with van der Waals surface area (Å²) in [6, 6.07) is 14.9. The van der Waals surface area contributed by atoms with Crippen molar-refractivity contribution >= 4 is 11.8 Å². The summed E-state index contributed by atoms with van der Waals surface area (Å²) < 4.78 is 5.16. The fourth-order valence-electron chi connectivity index (χ4n) is 2.81. The quantitative estimate of drug-likeness (QED) is 0.779. The van der Waals surface area contributed by atoms with E-state index in [4.69, 9.17) is 4.74 Å². The van der Waals surface area contributed by atoms with Gasteiger partial charge in [-0.3, -0.25) is 9.59 Å². The zero-order valence-electron chi connectivity index (χ0n) is 16.5. The van der Waals surface area contributed by atoms with Crippen molar-refractivity contribution < 1.29 is 14.3 Å². The van der Waals surface area contributed by atoms with Gasteiger partial charge in [-0.15, -0.1) is 0 Å². The molecule has 0 aliphatic heterocycles. The van der Waals surface area contributed by atoms with E-state index in [1.807, 2.05) is 62.4 Å². The lowest BCUT2D eigenvalue weighted by Crippen LogP contribution is -2.48. The van der Waals surface area contributed by atoms with Gasteiger partial charge in [-0.2, -0.15) is 0 Å². The Balaban J connectivity index is 2.19. The standard InChI is InChI=1S/C22H28N2O3/c1-5-23-22(26)17(3)24(15-19-8-6-16(2)7-9-19)21(25)14-18-10-12-20(27-4)13-11-18/h6-13,17H,5,14-15H2,1-4H3,(H,23,26). The van der Waals surface area contributed by atoms with E-state index in [1.165, 1.54) is 0 Å². The summed E-state index contributed by atoms with van der Waals surface area (Å²) in [5.41, 5.74) is 3.05. The van der Waals surface area contributed by atoms with Crippen molar-refractivity contribution in [2.75, 3.05) is 13.7 Å². The van der Waals surface area contributed by atoms with Gasteiger partial charge in [-0.05, 0) is 44.0 Å². The number of amides is 2. The summed E-state index contributed by atoms with van der Waals surface area (Å²) >= 11 is 0. The topological polar surface area (TPSA) is 58.6 Å². The third-order valence-electron chi connectivity index (χ3n) is 4.51. The van der Waals surface area contributed by atoms with Crippen molar-refractivity contribution in [2.45, 2.75) is 39.8 Å². The highest BCUT2D eigenvalue weighted by Crippen LogP contribution is 2.15. The Hall–Kier alpha value is -2.82. The van der Waals surface area contributed by atoms with Gasteiger partial charge in [-0.25, -0.2) is 0 Å². The van der Waals surface area contributed by atoms with E-state index in [-0.39, 0.29) is 18.2 Å². The van der Waals surface area contributed by atoms with E-state index in [0.29, 0.717) is 13.1 Å². The Kier molecular flexibility index (Phi) is 7.41. The van der Waals surface area contributed by atoms with Crippen LogP contribution in [0.25, 0.3) is 0 Å². The highest BCUT2D eigenvalue weighted by Gasteiger charge is 2.25. The number of likely N-dealkylation sites (N-methyl/N-ethyl adjacent to an activating group) is 1. The van der Waals surface area contributed by atoms with Gasteiger partial charge in [0.1, 0.15) is 11.8 Å². The summed E-state index contributed by atoms with van der Waals surface area (Å²) in [5.74, 6) is 0.519. The molecule has 1 N–H and O–H groups in total. The lowest BCUT2D eigenvalue weighted by atomic mass is 10.1. The van der Waals surface area contributed by atoms with Crippen molar-refractivity contribution in [3.63, 3.8) is 0 Å². The van der Waals surface area contributed by atoms with E-state index in [2.05, 4.69) is 5.32 Å². The minimum absolute atomic E-state index is 0.0838. The molecular weight excluding hydrogens is 340 g/mol. The molecule has 2 aromatic rings. The zero-order valence-corrected chi connectivity index (χ0v) is 16.5. The average molecular weight is 368 g/mol. The lowest BCUT2D eigenvalue weighted by molar-refractivity contribution is -0.140. The van der Waals surface area contributed by atoms with Crippen LogP contribution in [0.5, 0.6) is 5.75 Å². The fraction of sp³-hybridized carbons (Fsp3) is 0.364. The molecule has 0 fully saturated rings. The minimum atomic E-state index is -0.544. The maximum Gasteiger partial charge on any atom is 0.242 e. The van der Waals surface area contributed by atoms with E-state index < -0.39 is 6.04 Å². The van der Waals surface area contributed by atoms with Gasteiger partial charge in [0.15, 0.2) is 0 Å². The zero-order chi connectivity index (χ0) is 19.8. The van der Waals surface area contributed by atoms with Gasteiger partial charge < -0.3 is 15.0 Å². The number of carbonyl (C=O) groups is 2. The highest BCUT2D eigenvalue weighted by atomic mass is 16.5. The molecular formula is C22H28N2O3. The number of rotatable bonds is 8. The SMILES string of the molecule is CCNC(=O)C(C)N(Cc1ccc(C)cc1)C(=O)Cc1ccc(OC)cc1. The van der Waals surface area contributed by atoms with Gasteiger partial charge in [0, 0.05) is 13.1 Å². The number of nitrogens with zero attached hydrogens (tertiary/aromatic N) is 1. The molecule has 0 aliphatic carbocycles. The van der Waals surface area contributed by atoms with Crippen molar-refractivity contribution in [3.8, 4) is 5.75 Å². The molecule has 144 valence electrons. The second-order valence-electron chi connectivity index (χ2n) is 6.60. The second kappa shape index (κ2) is 9.76. The smallest absolute Gasteiger partial charge is 0.242 e. The molecule has 0 radical (unpaired) electrons. The van der Waals surface area contributed by atoms with Crippen molar-refractivity contribution in [1.82, 2.24) is 10.2 Å². The Morgan fingerprint density at radius 2 is 1.63 bits per heavy atom. The predicted octanol–water partition coefficient (Wildman–Crippen LogP) is 3.10. The number of aryl methyl sites for hydroxylation is 1. The molecule has 27 heavy (non-hydrogen) atoms.